The van der Waals surface area contributed by atoms with Crippen LogP contribution in [0.2, 0.25) is 0 Å². The Balaban J connectivity index is 2.09. The number of carbonyl (C=O) groups excluding carboxylic acids is 2. The molecular formula is C67H117NO10. The maximum absolute atomic E-state index is 13.0. The summed E-state index contributed by atoms with van der Waals surface area (Å²) in [5.74, 6) is -0.231. The third-order valence-corrected chi connectivity index (χ3v) is 14.4. The first-order chi connectivity index (χ1) is 38.2. The van der Waals surface area contributed by atoms with Crippen LogP contribution in [0, 0.1) is 0 Å². The molecule has 0 bridgehead atoms. The fourth-order valence-corrected chi connectivity index (χ4v) is 9.36. The summed E-state index contributed by atoms with van der Waals surface area (Å²) in [5.41, 5.74) is 0. The van der Waals surface area contributed by atoms with E-state index in [9.17, 15) is 35.1 Å². The molecule has 0 spiro atoms. The number of nitrogens with one attached hydrogen (secondary N) is 1. The number of hydrogen-bond donors (Lipinski definition) is 6. The second-order valence-corrected chi connectivity index (χ2v) is 21.7. The quantitative estimate of drug-likeness (QED) is 0.0195. The van der Waals surface area contributed by atoms with Gasteiger partial charge >= 0.3 is 5.97 Å². The van der Waals surface area contributed by atoms with E-state index >= 15 is 0 Å². The summed E-state index contributed by atoms with van der Waals surface area (Å²) in [6, 6.07) is -0.845. The van der Waals surface area contributed by atoms with E-state index in [0.29, 0.717) is 19.4 Å². The van der Waals surface area contributed by atoms with E-state index in [1.807, 2.05) is 6.08 Å². The lowest BCUT2D eigenvalue weighted by Gasteiger charge is -2.40. The molecule has 0 aromatic heterocycles. The Morgan fingerprint density at radius 1 is 0.474 bits per heavy atom. The van der Waals surface area contributed by atoms with E-state index in [2.05, 4.69) is 92.1 Å². The van der Waals surface area contributed by atoms with Gasteiger partial charge in [0.2, 0.25) is 5.91 Å². The number of aliphatic hydroxyl groups excluding tert-OH is 5. The third-order valence-electron chi connectivity index (χ3n) is 14.4. The Bertz CT molecular complexity index is 1570. The fourth-order valence-electron chi connectivity index (χ4n) is 9.36. The Morgan fingerprint density at radius 3 is 1.40 bits per heavy atom. The smallest absolute Gasteiger partial charge is 0.305 e. The van der Waals surface area contributed by atoms with Crippen LogP contribution in [0.5, 0.6) is 0 Å². The summed E-state index contributed by atoms with van der Waals surface area (Å²) in [4.78, 5) is 25.1. The molecule has 11 nitrogen and oxygen atoms in total. The summed E-state index contributed by atoms with van der Waals surface area (Å²) in [7, 11) is 0. The third kappa shape index (κ3) is 44.6. The zero-order chi connectivity index (χ0) is 56.6. The molecule has 7 atom stereocenters. The lowest BCUT2D eigenvalue weighted by molar-refractivity contribution is -0.302. The van der Waals surface area contributed by atoms with Crippen LogP contribution in [-0.4, -0.2) is 100 Å². The number of hydrogen-bond acceptors (Lipinski definition) is 10. The van der Waals surface area contributed by atoms with Crippen LogP contribution in [-0.2, 0) is 23.8 Å². The van der Waals surface area contributed by atoms with Gasteiger partial charge in [0.1, 0.15) is 24.4 Å². The lowest BCUT2D eigenvalue weighted by atomic mass is 9.99. The maximum Gasteiger partial charge on any atom is 0.305 e. The van der Waals surface area contributed by atoms with Crippen molar-refractivity contribution in [3.05, 3.63) is 85.1 Å². The highest BCUT2D eigenvalue weighted by Gasteiger charge is 2.44. The monoisotopic (exact) mass is 1100 g/mol. The Hall–Kier alpha value is -3.16. The molecule has 1 aliphatic heterocycles. The van der Waals surface area contributed by atoms with Crippen LogP contribution in [0.15, 0.2) is 85.1 Å². The maximum atomic E-state index is 13.0. The van der Waals surface area contributed by atoms with Crippen molar-refractivity contribution in [1.82, 2.24) is 5.32 Å². The van der Waals surface area contributed by atoms with Crippen molar-refractivity contribution < 1.29 is 49.3 Å². The minimum atomic E-state index is -1.59. The van der Waals surface area contributed by atoms with Gasteiger partial charge in [-0.15, -0.1) is 0 Å². The highest BCUT2D eigenvalue weighted by molar-refractivity contribution is 5.76. The first-order valence-corrected chi connectivity index (χ1v) is 31.9. The van der Waals surface area contributed by atoms with Crippen LogP contribution in [0.3, 0.4) is 0 Å². The van der Waals surface area contributed by atoms with E-state index in [4.69, 9.17) is 14.2 Å². The number of rotatable bonds is 54. The molecule has 1 saturated heterocycles. The molecule has 1 heterocycles. The number of aliphatic hydroxyl groups is 5. The number of carbonyl (C=O) groups is 2. The molecule has 450 valence electrons. The van der Waals surface area contributed by atoms with Crippen molar-refractivity contribution in [2.75, 3.05) is 19.8 Å². The largest absolute Gasteiger partial charge is 0.466 e. The summed E-state index contributed by atoms with van der Waals surface area (Å²) in [6.07, 6.45) is 65.4. The molecule has 1 rings (SSSR count). The van der Waals surface area contributed by atoms with Crippen LogP contribution >= 0.6 is 0 Å². The fraction of sp³-hybridized carbons (Fsp3) is 0.761. The molecule has 0 radical (unpaired) electrons. The summed E-state index contributed by atoms with van der Waals surface area (Å²) < 4.78 is 16.7. The average Bonchev–Trinajstić information content (AvgIpc) is 3.44. The Labute approximate surface area is 476 Å². The minimum absolute atomic E-state index is 0.0219. The lowest BCUT2D eigenvalue weighted by Crippen LogP contribution is -2.60. The highest BCUT2D eigenvalue weighted by atomic mass is 16.7. The normalized spacial score (nSPS) is 19.1. The van der Waals surface area contributed by atoms with E-state index in [0.717, 1.165) is 116 Å². The number of esters is 1. The van der Waals surface area contributed by atoms with Gasteiger partial charge in [-0.3, -0.25) is 9.59 Å². The summed E-state index contributed by atoms with van der Waals surface area (Å²) >= 11 is 0. The van der Waals surface area contributed by atoms with Gasteiger partial charge in [0.15, 0.2) is 6.29 Å². The Morgan fingerprint density at radius 2 is 0.897 bits per heavy atom. The SMILES string of the molecule is CCC/C=C\C/C=C\CCCCCCCC(=O)OCCCCCCCCCCC/C=C\C/C=C\CCCCCCCCCC(=O)NC(COC1OC(CO)C(O)C(O)C1O)C(O)/C=C/CC/C=C/CC/C=C/CCCCCC. The van der Waals surface area contributed by atoms with Crippen LogP contribution < -0.4 is 5.32 Å². The van der Waals surface area contributed by atoms with E-state index in [1.54, 1.807) is 6.08 Å². The van der Waals surface area contributed by atoms with Gasteiger partial charge in [-0.25, -0.2) is 0 Å². The van der Waals surface area contributed by atoms with Crippen molar-refractivity contribution >= 4 is 11.9 Å². The predicted octanol–water partition coefficient (Wildman–Crippen LogP) is 15.3. The van der Waals surface area contributed by atoms with Crippen molar-refractivity contribution in [2.45, 2.75) is 307 Å². The first kappa shape index (κ1) is 72.9. The van der Waals surface area contributed by atoms with Crippen LogP contribution in [0.25, 0.3) is 0 Å². The highest BCUT2D eigenvalue weighted by Crippen LogP contribution is 2.23. The van der Waals surface area contributed by atoms with Gasteiger partial charge in [0, 0.05) is 12.8 Å². The minimum Gasteiger partial charge on any atom is -0.466 e. The topological polar surface area (TPSA) is 175 Å². The second kappa shape index (κ2) is 55.7. The zero-order valence-electron chi connectivity index (χ0n) is 49.6. The van der Waals surface area contributed by atoms with Gasteiger partial charge in [-0.05, 0) is 116 Å². The standard InChI is InChI=1S/C67H117NO10/c1-3-5-7-9-11-13-15-17-30-33-37-41-45-49-53-60(70)59(58-77-67-66(75)65(74)64(73)61(57-69)78-67)68-62(71)54-50-46-42-38-34-31-27-25-23-21-19-18-20-22-24-26-28-32-36-40-44-48-52-56-76-63(72)55-51-47-43-39-35-29-16-14-12-10-8-6-4-2/h8,10,13-16,18,20-21,23,33,37,49,53,59-61,64-67,69-70,73-75H,3-7,9,11-12,17,19,22,24-32,34-36,38-48,50-52,54-58H2,1-2H3,(H,68,71)/b10-8-,15-13+,16-14-,20-18-,23-21-,37-33+,53-49+. The van der Waals surface area contributed by atoms with E-state index in [-0.39, 0.29) is 18.5 Å². The van der Waals surface area contributed by atoms with Gasteiger partial charge in [0.05, 0.1) is 32.0 Å². The number of ether oxygens (including phenoxy) is 3. The predicted molar refractivity (Wildman–Crippen MR) is 324 cm³/mol. The molecule has 0 aromatic carbocycles. The first-order valence-electron chi connectivity index (χ1n) is 31.9. The molecule has 11 heteroatoms. The summed E-state index contributed by atoms with van der Waals surface area (Å²) in [5, 5.41) is 54.4. The molecule has 1 fully saturated rings. The molecule has 78 heavy (non-hydrogen) atoms. The number of unbranched alkanes of at least 4 members (excludes halogenated alkanes) is 28. The molecule has 0 aliphatic carbocycles. The van der Waals surface area contributed by atoms with Gasteiger partial charge in [-0.1, -0.05) is 221 Å². The van der Waals surface area contributed by atoms with Crippen molar-refractivity contribution in [2.24, 2.45) is 0 Å². The molecule has 0 aromatic rings. The van der Waals surface area contributed by atoms with Crippen LogP contribution in [0.4, 0.5) is 0 Å². The molecular weight excluding hydrogens is 979 g/mol. The van der Waals surface area contributed by atoms with E-state index in [1.165, 1.54) is 122 Å². The van der Waals surface area contributed by atoms with Crippen LogP contribution in [0.1, 0.15) is 264 Å². The molecule has 1 aliphatic rings. The van der Waals surface area contributed by atoms with Gasteiger partial charge in [0.25, 0.3) is 0 Å². The van der Waals surface area contributed by atoms with Gasteiger partial charge < -0.3 is 45.1 Å². The van der Waals surface area contributed by atoms with E-state index < -0.39 is 49.5 Å². The Kier molecular flexibility index (Phi) is 52.1. The molecule has 0 saturated carbocycles. The zero-order valence-corrected chi connectivity index (χ0v) is 49.6. The number of allylic oxidation sites excluding steroid dienone is 13. The van der Waals surface area contributed by atoms with Crippen molar-refractivity contribution in [1.29, 1.82) is 0 Å². The van der Waals surface area contributed by atoms with Gasteiger partial charge in [-0.2, -0.15) is 0 Å². The van der Waals surface area contributed by atoms with Crippen molar-refractivity contribution in [3.8, 4) is 0 Å². The average molecular weight is 1100 g/mol. The summed E-state index contributed by atoms with van der Waals surface area (Å²) in [6.45, 7) is 4.21. The molecule has 6 N–H and O–H groups in total. The molecule has 7 unspecified atom stereocenters. The molecule has 1 amide bonds. The second-order valence-electron chi connectivity index (χ2n) is 21.7. The van der Waals surface area contributed by atoms with Crippen molar-refractivity contribution in [3.63, 3.8) is 0 Å². The number of amides is 1.